The Hall–Kier alpha value is -1.14. The second-order valence-electron chi connectivity index (χ2n) is 5.61. The van der Waals surface area contributed by atoms with Gasteiger partial charge in [-0.2, -0.15) is 0 Å². The van der Waals surface area contributed by atoms with Gasteiger partial charge in [-0.3, -0.25) is 0 Å². The number of nitrogens with one attached hydrogen (secondary N) is 1. The number of sulfone groups is 1. The summed E-state index contributed by atoms with van der Waals surface area (Å²) in [7, 11) is -2.97. The maximum Gasteiger partial charge on any atom is 0.147 e. The third kappa shape index (κ3) is 8.02. The fourth-order valence-corrected chi connectivity index (χ4v) is 2.47. The molecule has 1 rings (SSSR count). The van der Waals surface area contributed by atoms with E-state index in [1.54, 1.807) is 6.07 Å². The molecule has 0 amide bonds. The normalized spacial score (nSPS) is 11.9. The maximum absolute atomic E-state index is 13.3. The smallest absolute Gasteiger partial charge is 0.147 e. The van der Waals surface area contributed by atoms with Gasteiger partial charge in [0.1, 0.15) is 21.4 Å². The Labute approximate surface area is 126 Å². The lowest BCUT2D eigenvalue weighted by Gasteiger charge is -2.13. The van der Waals surface area contributed by atoms with E-state index in [1.807, 2.05) is 0 Å². The minimum atomic E-state index is -2.97. The largest absolute Gasteiger partial charge is 0.493 e. The van der Waals surface area contributed by atoms with Crippen LogP contribution in [0, 0.1) is 11.7 Å². The number of ether oxygens (including phenoxy) is 1. The van der Waals surface area contributed by atoms with Crippen molar-refractivity contribution in [3.05, 3.63) is 29.6 Å². The molecule has 0 radical (unpaired) electrons. The van der Waals surface area contributed by atoms with Crippen molar-refractivity contribution in [2.75, 3.05) is 25.2 Å². The Kier molecular flexibility index (Phi) is 7.11. The van der Waals surface area contributed by atoms with Crippen molar-refractivity contribution in [1.82, 2.24) is 5.32 Å². The predicted octanol–water partition coefficient (Wildman–Crippen LogP) is 2.38. The molecular formula is C15H24FNO3S. The average molecular weight is 317 g/mol. The molecule has 1 aromatic rings. The van der Waals surface area contributed by atoms with E-state index in [2.05, 4.69) is 19.2 Å². The predicted molar refractivity (Wildman–Crippen MR) is 82.8 cm³/mol. The van der Waals surface area contributed by atoms with Gasteiger partial charge in [0.25, 0.3) is 0 Å². The SMILES string of the molecule is CC(C)CNCc1cc(F)ccc1OCCCS(C)(=O)=O. The Bertz CT molecular complexity index is 544. The van der Waals surface area contributed by atoms with Crippen molar-refractivity contribution >= 4 is 9.84 Å². The summed E-state index contributed by atoms with van der Waals surface area (Å²) in [5.41, 5.74) is 0.745. The van der Waals surface area contributed by atoms with Gasteiger partial charge in [-0.05, 0) is 37.1 Å². The third-order valence-corrected chi connectivity index (χ3v) is 3.84. The number of halogens is 1. The minimum Gasteiger partial charge on any atom is -0.493 e. The van der Waals surface area contributed by atoms with Gasteiger partial charge in [0.2, 0.25) is 0 Å². The molecule has 1 N–H and O–H groups in total. The quantitative estimate of drug-likeness (QED) is 0.711. The van der Waals surface area contributed by atoms with Crippen LogP contribution in [0.1, 0.15) is 25.8 Å². The summed E-state index contributed by atoms with van der Waals surface area (Å²) in [5.74, 6) is 0.897. The van der Waals surface area contributed by atoms with Crippen molar-refractivity contribution in [2.24, 2.45) is 5.92 Å². The number of hydrogen-bond donors (Lipinski definition) is 1. The van der Waals surface area contributed by atoms with Gasteiger partial charge in [-0.15, -0.1) is 0 Å². The summed E-state index contributed by atoms with van der Waals surface area (Å²) >= 11 is 0. The van der Waals surface area contributed by atoms with E-state index in [1.165, 1.54) is 18.4 Å². The van der Waals surface area contributed by atoms with Crippen LogP contribution in [0.15, 0.2) is 18.2 Å². The van der Waals surface area contributed by atoms with Gasteiger partial charge >= 0.3 is 0 Å². The maximum atomic E-state index is 13.3. The highest BCUT2D eigenvalue weighted by molar-refractivity contribution is 7.90. The van der Waals surface area contributed by atoms with E-state index in [-0.39, 0.29) is 11.6 Å². The van der Waals surface area contributed by atoms with Crippen LogP contribution in [-0.2, 0) is 16.4 Å². The Balaban J connectivity index is 2.55. The lowest BCUT2D eigenvalue weighted by molar-refractivity contribution is 0.312. The van der Waals surface area contributed by atoms with Gasteiger partial charge in [0, 0.05) is 18.4 Å². The summed E-state index contributed by atoms with van der Waals surface area (Å²) in [6, 6.07) is 4.37. The van der Waals surface area contributed by atoms with Crippen LogP contribution >= 0.6 is 0 Å². The Morgan fingerprint density at radius 3 is 2.67 bits per heavy atom. The monoisotopic (exact) mass is 317 g/mol. The molecule has 0 saturated heterocycles. The van der Waals surface area contributed by atoms with Crippen molar-refractivity contribution < 1.29 is 17.5 Å². The molecule has 0 atom stereocenters. The van der Waals surface area contributed by atoms with Crippen molar-refractivity contribution in [1.29, 1.82) is 0 Å². The molecule has 21 heavy (non-hydrogen) atoms. The second kappa shape index (κ2) is 8.34. The molecule has 0 aromatic heterocycles. The number of rotatable bonds is 9. The first kappa shape index (κ1) is 17.9. The van der Waals surface area contributed by atoms with Gasteiger partial charge in [-0.25, -0.2) is 12.8 Å². The van der Waals surface area contributed by atoms with E-state index in [4.69, 9.17) is 4.74 Å². The molecule has 4 nitrogen and oxygen atoms in total. The lowest BCUT2D eigenvalue weighted by atomic mass is 10.1. The van der Waals surface area contributed by atoms with Crippen molar-refractivity contribution in [3.63, 3.8) is 0 Å². The standard InChI is InChI=1S/C15H24FNO3S/c1-12(2)10-17-11-13-9-14(16)5-6-15(13)20-7-4-8-21(3,18)19/h5-6,9,12,17H,4,7-8,10-11H2,1-3H3. The van der Waals surface area contributed by atoms with E-state index < -0.39 is 9.84 Å². The van der Waals surface area contributed by atoms with Crippen molar-refractivity contribution in [2.45, 2.75) is 26.8 Å². The molecule has 0 aliphatic carbocycles. The summed E-state index contributed by atoms with van der Waals surface area (Å²) in [4.78, 5) is 0. The molecule has 1 aromatic carbocycles. The summed E-state index contributed by atoms with van der Waals surface area (Å²) in [5, 5.41) is 3.24. The highest BCUT2D eigenvalue weighted by Crippen LogP contribution is 2.20. The summed E-state index contributed by atoms with van der Waals surface area (Å²) < 4.78 is 41.0. The zero-order valence-corrected chi connectivity index (χ0v) is 13.7. The van der Waals surface area contributed by atoms with E-state index in [9.17, 15) is 12.8 Å². The van der Waals surface area contributed by atoms with Crippen LogP contribution in [0.4, 0.5) is 4.39 Å². The fraction of sp³-hybridized carbons (Fsp3) is 0.600. The Morgan fingerprint density at radius 2 is 2.05 bits per heavy atom. The molecule has 0 fully saturated rings. The molecule has 0 aliphatic heterocycles. The molecule has 120 valence electrons. The molecule has 0 spiro atoms. The molecule has 0 aliphatic rings. The first-order valence-corrected chi connectivity index (χ1v) is 9.13. The molecule has 6 heteroatoms. The summed E-state index contributed by atoms with van der Waals surface area (Å²) in [6.07, 6.45) is 1.63. The minimum absolute atomic E-state index is 0.0924. The highest BCUT2D eigenvalue weighted by atomic mass is 32.2. The number of hydrogen-bond acceptors (Lipinski definition) is 4. The average Bonchev–Trinajstić information content (AvgIpc) is 2.35. The fourth-order valence-electron chi connectivity index (χ4n) is 1.83. The molecule has 0 heterocycles. The van der Waals surface area contributed by atoms with E-state index in [0.29, 0.717) is 31.2 Å². The number of benzene rings is 1. The van der Waals surface area contributed by atoms with Gasteiger partial charge in [-0.1, -0.05) is 13.8 Å². The van der Waals surface area contributed by atoms with Crippen LogP contribution in [-0.4, -0.2) is 33.6 Å². The van der Waals surface area contributed by atoms with E-state index in [0.717, 1.165) is 12.1 Å². The zero-order chi connectivity index (χ0) is 15.9. The summed E-state index contributed by atoms with van der Waals surface area (Å²) in [6.45, 7) is 5.86. The highest BCUT2D eigenvalue weighted by Gasteiger charge is 2.07. The zero-order valence-electron chi connectivity index (χ0n) is 12.9. The van der Waals surface area contributed by atoms with Gasteiger partial charge in [0.05, 0.1) is 12.4 Å². The molecule has 0 unspecified atom stereocenters. The molecule has 0 saturated carbocycles. The molecular weight excluding hydrogens is 293 g/mol. The van der Waals surface area contributed by atoms with Crippen LogP contribution in [0.3, 0.4) is 0 Å². The van der Waals surface area contributed by atoms with E-state index >= 15 is 0 Å². The van der Waals surface area contributed by atoms with Crippen LogP contribution in [0.25, 0.3) is 0 Å². The van der Waals surface area contributed by atoms with Gasteiger partial charge in [0.15, 0.2) is 0 Å². The first-order chi connectivity index (χ1) is 9.78. The first-order valence-electron chi connectivity index (χ1n) is 7.07. The topological polar surface area (TPSA) is 55.4 Å². The third-order valence-electron chi connectivity index (χ3n) is 2.81. The Morgan fingerprint density at radius 1 is 1.33 bits per heavy atom. The van der Waals surface area contributed by atoms with Gasteiger partial charge < -0.3 is 10.1 Å². The molecule has 0 bridgehead atoms. The van der Waals surface area contributed by atoms with Crippen molar-refractivity contribution in [3.8, 4) is 5.75 Å². The second-order valence-corrected chi connectivity index (χ2v) is 7.87. The van der Waals surface area contributed by atoms with Crippen LogP contribution in [0.2, 0.25) is 0 Å². The lowest BCUT2D eigenvalue weighted by Crippen LogP contribution is -2.19. The van der Waals surface area contributed by atoms with Crippen LogP contribution in [0.5, 0.6) is 5.75 Å². The van der Waals surface area contributed by atoms with Crippen LogP contribution < -0.4 is 10.1 Å².